The molecule has 0 amide bonds. The normalized spacial score (nSPS) is 10.9. The highest BCUT2D eigenvalue weighted by Crippen LogP contribution is 2.31. The molecule has 0 spiro atoms. The van der Waals surface area contributed by atoms with Gasteiger partial charge in [0.15, 0.2) is 5.16 Å². The number of rotatable bonds is 2. The molecule has 0 aliphatic rings. The molecule has 0 unspecified atom stereocenters. The summed E-state index contributed by atoms with van der Waals surface area (Å²) in [4.78, 5) is 8.28. The number of aromatic amines is 1. The second-order valence-corrected chi connectivity index (χ2v) is 4.41. The van der Waals surface area contributed by atoms with Crippen molar-refractivity contribution in [1.29, 1.82) is 0 Å². The molecule has 0 saturated carbocycles. The smallest absolute Gasteiger partial charge is 0.182 e. The Morgan fingerprint density at radius 2 is 2.08 bits per heavy atom. The lowest BCUT2D eigenvalue weighted by atomic mass is 10.3. The van der Waals surface area contributed by atoms with Crippen LogP contribution in [0.25, 0.3) is 11.0 Å². The van der Waals surface area contributed by atoms with Crippen molar-refractivity contribution < 1.29 is 0 Å². The van der Waals surface area contributed by atoms with Crippen LogP contribution in [0, 0.1) is 0 Å². The molecule has 1 N–H and O–H groups in total. The topological polar surface area (TPSA) is 28.7 Å². The van der Waals surface area contributed by atoms with Gasteiger partial charge in [-0.1, -0.05) is 6.07 Å². The van der Waals surface area contributed by atoms with E-state index < -0.39 is 0 Å². The van der Waals surface area contributed by atoms with Crippen molar-refractivity contribution >= 4 is 54.3 Å². The van der Waals surface area contributed by atoms with Gasteiger partial charge in [-0.15, -0.1) is 0 Å². The minimum atomic E-state index is 0.690. The van der Waals surface area contributed by atoms with Gasteiger partial charge in [0.1, 0.15) is 5.52 Å². The van der Waals surface area contributed by atoms with E-state index >= 15 is 0 Å². The van der Waals surface area contributed by atoms with E-state index in [9.17, 15) is 0 Å². The molecule has 2 aromatic rings. The van der Waals surface area contributed by atoms with E-state index in [2.05, 4.69) is 9.97 Å². The zero-order valence-corrected chi connectivity index (χ0v) is 9.40. The Morgan fingerprint density at radius 3 is 2.77 bits per heavy atom. The Labute approximate surface area is 92.4 Å². The number of halogens is 2. The fraction of sp³-hybridized carbons (Fsp3) is 0. The van der Waals surface area contributed by atoms with Crippen molar-refractivity contribution in [3.05, 3.63) is 18.2 Å². The molecule has 1 heterocycles. The van der Waals surface area contributed by atoms with Crippen molar-refractivity contribution in [3.63, 3.8) is 0 Å². The number of hydrogen-bond acceptors (Lipinski definition) is 3. The van der Waals surface area contributed by atoms with Crippen LogP contribution in [0.2, 0.25) is 0 Å². The first kappa shape index (κ1) is 9.52. The van der Waals surface area contributed by atoms with Crippen LogP contribution >= 0.6 is 43.3 Å². The van der Waals surface area contributed by atoms with E-state index in [0.717, 1.165) is 37.9 Å². The number of benzene rings is 1. The van der Waals surface area contributed by atoms with Crippen molar-refractivity contribution in [2.45, 2.75) is 10.1 Å². The fourth-order valence-electron chi connectivity index (χ4n) is 1.08. The van der Waals surface area contributed by atoms with Gasteiger partial charge >= 0.3 is 0 Å². The minimum absolute atomic E-state index is 0.690. The molecular formula is C7H4Cl2N2S2. The molecule has 0 saturated heterocycles. The average Bonchev–Trinajstić information content (AvgIpc) is 2.59. The lowest BCUT2D eigenvalue weighted by molar-refractivity contribution is 1.09. The molecule has 2 nitrogen and oxygen atoms in total. The van der Waals surface area contributed by atoms with Crippen LogP contribution in [0.5, 0.6) is 0 Å². The van der Waals surface area contributed by atoms with Crippen molar-refractivity contribution in [2.24, 2.45) is 0 Å². The Morgan fingerprint density at radius 1 is 1.23 bits per heavy atom. The Bertz CT molecular complexity index is 429. The number of nitrogens with one attached hydrogen (secondary N) is 1. The third-order valence-electron chi connectivity index (χ3n) is 1.61. The summed E-state index contributed by atoms with van der Waals surface area (Å²) < 4.78 is 0. The highest BCUT2D eigenvalue weighted by Gasteiger charge is 2.06. The number of aromatic nitrogens is 2. The van der Waals surface area contributed by atoms with E-state index in [1.54, 1.807) is 0 Å². The maximum absolute atomic E-state index is 5.68. The number of fused-ring (bicyclic) bond motifs is 1. The molecule has 2 rings (SSSR count). The number of para-hydroxylation sites is 1. The van der Waals surface area contributed by atoms with Crippen LogP contribution in [0.4, 0.5) is 0 Å². The maximum Gasteiger partial charge on any atom is 0.182 e. The summed E-state index contributed by atoms with van der Waals surface area (Å²) in [7, 11) is 13.5. The van der Waals surface area contributed by atoms with Crippen LogP contribution in [-0.4, -0.2) is 9.97 Å². The Hall–Kier alpha value is -0.0300. The molecular weight excluding hydrogens is 247 g/mol. The van der Waals surface area contributed by atoms with Crippen LogP contribution in [0.15, 0.2) is 28.3 Å². The zero-order chi connectivity index (χ0) is 9.26. The highest BCUT2D eigenvalue weighted by molar-refractivity contribution is 8.21. The van der Waals surface area contributed by atoms with Gasteiger partial charge in [-0.2, -0.15) is 0 Å². The maximum atomic E-state index is 5.68. The third kappa shape index (κ3) is 1.76. The van der Waals surface area contributed by atoms with Gasteiger partial charge in [0.2, 0.25) is 0 Å². The second kappa shape index (κ2) is 4.00. The number of imidazole rings is 1. The number of nitrogens with zero attached hydrogens (tertiary/aromatic N) is 1. The molecule has 6 heteroatoms. The summed E-state index contributed by atoms with van der Waals surface area (Å²) in [6.07, 6.45) is 0. The van der Waals surface area contributed by atoms with Crippen LogP contribution in [0.1, 0.15) is 0 Å². The van der Waals surface area contributed by atoms with Gasteiger partial charge < -0.3 is 4.98 Å². The summed E-state index contributed by atoms with van der Waals surface area (Å²) in [6.45, 7) is 0. The molecule has 1 aromatic carbocycles. The Balaban J connectivity index is 2.67. The fourth-order valence-corrected chi connectivity index (χ4v) is 2.31. The van der Waals surface area contributed by atoms with E-state index in [4.69, 9.17) is 21.4 Å². The molecule has 0 bridgehead atoms. The molecule has 68 valence electrons. The van der Waals surface area contributed by atoms with Gasteiger partial charge in [0, 0.05) is 11.0 Å². The molecule has 1 aromatic heterocycles. The predicted molar refractivity (Wildman–Crippen MR) is 59.5 cm³/mol. The van der Waals surface area contributed by atoms with E-state index in [0.29, 0.717) is 5.16 Å². The van der Waals surface area contributed by atoms with Gasteiger partial charge in [0.25, 0.3) is 0 Å². The van der Waals surface area contributed by atoms with Crippen molar-refractivity contribution in [2.75, 3.05) is 0 Å². The van der Waals surface area contributed by atoms with Crippen LogP contribution < -0.4 is 0 Å². The number of hydrogen-bond donors (Lipinski definition) is 1. The Kier molecular flexibility index (Phi) is 2.93. The summed E-state index contributed by atoms with van der Waals surface area (Å²) in [5.41, 5.74) is 1.82. The van der Waals surface area contributed by atoms with Gasteiger partial charge in [-0.25, -0.2) is 4.98 Å². The summed E-state index contributed by atoms with van der Waals surface area (Å²) in [5.74, 6) is 0. The standard InChI is InChI=1S/C7H4Cl2N2S2/c8-12-5-3-1-2-4-6(5)11-7(10-4)13-9/h1-3H,(H,10,11). The number of H-pyrrole nitrogens is 1. The third-order valence-corrected chi connectivity index (χ3v) is 3.38. The minimum Gasteiger partial charge on any atom is -0.332 e. The lowest BCUT2D eigenvalue weighted by Crippen LogP contribution is -1.71. The van der Waals surface area contributed by atoms with Crippen LogP contribution in [0.3, 0.4) is 0 Å². The SMILES string of the molecule is ClSc1nc2c(SCl)cccc2[nH]1. The predicted octanol–water partition coefficient (Wildman–Crippen LogP) is 4.05. The van der Waals surface area contributed by atoms with E-state index in [1.807, 2.05) is 18.2 Å². The molecule has 13 heavy (non-hydrogen) atoms. The lowest BCUT2D eigenvalue weighted by Gasteiger charge is -1.92. The summed E-state index contributed by atoms with van der Waals surface area (Å²) >= 11 is 0. The van der Waals surface area contributed by atoms with Gasteiger partial charge in [-0.05, 0) is 44.5 Å². The van der Waals surface area contributed by atoms with E-state index in [1.165, 1.54) is 0 Å². The molecule has 0 aliphatic heterocycles. The molecule has 0 fully saturated rings. The largest absolute Gasteiger partial charge is 0.332 e. The van der Waals surface area contributed by atoms with Crippen molar-refractivity contribution in [1.82, 2.24) is 9.97 Å². The van der Waals surface area contributed by atoms with E-state index in [-0.39, 0.29) is 0 Å². The molecule has 0 radical (unpaired) electrons. The first-order chi connectivity index (χ1) is 6.35. The molecule has 0 aliphatic carbocycles. The van der Waals surface area contributed by atoms with Crippen LogP contribution in [-0.2, 0) is 0 Å². The highest BCUT2D eigenvalue weighted by atomic mass is 35.7. The first-order valence-electron chi connectivity index (χ1n) is 3.41. The summed E-state index contributed by atoms with van der Waals surface area (Å²) in [6, 6.07) is 5.78. The van der Waals surface area contributed by atoms with Gasteiger partial charge in [-0.3, -0.25) is 0 Å². The first-order valence-corrected chi connectivity index (χ1v) is 6.69. The van der Waals surface area contributed by atoms with Crippen molar-refractivity contribution in [3.8, 4) is 0 Å². The van der Waals surface area contributed by atoms with Gasteiger partial charge in [0.05, 0.1) is 10.4 Å². The average molecular weight is 251 g/mol. The zero-order valence-electron chi connectivity index (χ0n) is 6.25. The quantitative estimate of drug-likeness (QED) is 0.872. The molecule has 0 atom stereocenters. The monoisotopic (exact) mass is 250 g/mol. The second-order valence-electron chi connectivity index (χ2n) is 2.35. The summed E-state index contributed by atoms with van der Waals surface area (Å²) in [5, 5.41) is 0.690.